The number of benzene rings is 1. The van der Waals surface area contributed by atoms with Crippen molar-refractivity contribution in [1.82, 2.24) is 0 Å². The van der Waals surface area contributed by atoms with Crippen LogP contribution in [-0.2, 0) is 11.0 Å². The van der Waals surface area contributed by atoms with Crippen LogP contribution in [0.1, 0.15) is 5.56 Å². The molecule has 0 spiro atoms. The van der Waals surface area contributed by atoms with Crippen molar-refractivity contribution in [2.75, 3.05) is 5.32 Å². The van der Waals surface area contributed by atoms with Gasteiger partial charge in [0.15, 0.2) is 0 Å². The lowest BCUT2D eigenvalue weighted by atomic mass is 10.2. The highest BCUT2D eigenvalue weighted by Gasteiger charge is 2.30. The molecule has 0 radical (unpaired) electrons. The fraction of sp³-hybridized carbons (Fsp3) is 0.100. The van der Waals surface area contributed by atoms with E-state index in [1.807, 2.05) is 0 Å². The Hall–Kier alpha value is -2.58. The molecular formula is C10H10F3N5O. The number of nitrogens with zero attached hydrogens (tertiary/aromatic N) is 2. The van der Waals surface area contributed by atoms with E-state index in [9.17, 15) is 18.0 Å². The van der Waals surface area contributed by atoms with E-state index < -0.39 is 17.6 Å². The first kappa shape index (κ1) is 14.5. The Morgan fingerprint density at radius 1 is 1.32 bits per heavy atom. The zero-order valence-corrected chi connectivity index (χ0v) is 9.48. The van der Waals surface area contributed by atoms with Gasteiger partial charge in [-0.1, -0.05) is 6.07 Å². The van der Waals surface area contributed by atoms with Gasteiger partial charge in [-0.2, -0.15) is 13.2 Å². The average molecular weight is 273 g/mol. The Morgan fingerprint density at radius 2 is 2.00 bits per heavy atom. The fourth-order valence-electron chi connectivity index (χ4n) is 1.10. The number of nitrogens with one attached hydrogen (secondary N) is 1. The largest absolute Gasteiger partial charge is 0.416 e. The Labute approximate surface area is 106 Å². The normalized spacial score (nSPS) is 11.3. The number of guanidine groups is 1. The van der Waals surface area contributed by atoms with Gasteiger partial charge < -0.3 is 16.8 Å². The molecule has 0 aliphatic carbocycles. The molecule has 6 nitrogen and oxygen atoms in total. The third-order valence-electron chi connectivity index (χ3n) is 1.81. The van der Waals surface area contributed by atoms with Crippen LogP contribution in [0.4, 0.5) is 18.9 Å². The molecule has 0 aromatic heterocycles. The summed E-state index contributed by atoms with van der Waals surface area (Å²) in [6, 6.07) is 4.17. The van der Waals surface area contributed by atoms with E-state index in [0.29, 0.717) is 0 Å². The summed E-state index contributed by atoms with van der Waals surface area (Å²) in [6.45, 7) is 0. The van der Waals surface area contributed by atoms with E-state index in [1.54, 1.807) is 0 Å². The molecule has 5 N–H and O–H groups in total. The molecule has 102 valence electrons. The Kier molecular flexibility index (Phi) is 4.46. The molecule has 0 aliphatic rings. The lowest BCUT2D eigenvalue weighted by Gasteiger charge is -2.08. The van der Waals surface area contributed by atoms with E-state index in [1.165, 1.54) is 12.1 Å². The summed E-state index contributed by atoms with van der Waals surface area (Å²) < 4.78 is 37.2. The Morgan fingerprint density at radius 3 is 2.58 bits per heavy atom. The number of hydrogen-bond donors (Lipinski definition) is 3. The van der Waals surface area contributed by atoms with Crippen molar-refractivity contribution in [1.29, 1.82) is 0 Å². The highest BCUT2D eigenvalue weighted by molar-refractivity contribution is 6.31. The van der Waals surface area contributed by atoms with E-state index >= 15 is 0 Å². The molecule has 1 amide bonds. The molecule has 0 saturated carbocycles. The second kappa shape index (κ2) is 5.85. The first-order chi connectivity index (χ1) is 8.79. The second-order valence-electron chi connectivity index (χ2n) is 3.34. The molecule has 19 heavy (non-hydrogen) atoms. The molecule has 1 rings (SSSR count). The van der Waals surface area contributed by atoms with Crippen LogP contribution in [-0.4, -0.2) is 18.1 Å². The molecule has 0 fully saturated rings. The van der Waals surface area contributed by atoms with Crippen LogP contribution in [0.15, 0.2) is 34.5 Å². The van der Waals surface area contributed by atoms with Crippen LogP contribution >= 0.6 is 0 Å². The maximum atomic E-state index is 12.4. The van der Waals surface area contributed by atoms with Crippen LogP contribution in [0.5, 0.6) is 0 Å². The van der Waals surface area contributed by atoms with Gasteiger partial charge in [-0.15, -0.1) is 10.2 Å². The summed E-state index contributed by atoms with van der Waals surface area (Å²) in [5, 5.41) is 8.57. The van der Waals surface area contributed by atoms with Crippen molar-refractivity contribution in [3.05, 3.63) is 29.8 Å². The fourth-order valence-corrected chi connectivity index (χ4v) is 1.10. The highest BCUT2D eigenvalue weighted by Crippen LogP contribution is 2.30. The van der Waals surface area contributed by atoms with Crippen LogP contribution in [0.2, 0.25) is 0 Å². The summed E-state index contributed by atoms with van der Waals surface area (Å²) in [7, 11) is 0. The number of amides is 1. The van der Waals surface area contributed by atoms with Crippen LogP contribution in [0.3, 0.4) is 0 Å². The minimum absolute atomic E-state index is 0.0176. The molecule has 1 aromatic rings. The van der Waals surface area contributed by atoms with Gasteiger partial charge in [0, 0.05) is 5.69 Å². The number of alkyl halides is 3. The number of carbonyl (C=O) groups excluding carboxylic acids is 1. The molecule has 9 heteroatoms. The van der Waals surface area contributed by atoms with Gasteiger partial charge in [0.25, 0.3) is 5.91 Å². The van der Waals surface area contributed by atoms with E-state index in [-0.39, 0.29) is 11.6 Å². The van der Waals surface area contributed by atoms with Gasteiger partial charge in [-0.25, -0.2) is 0 Å². The summed E-state index contributed by atoms with van der Waals surface area (Å²) in [5.74, 6) is -1.10. The molecule has 1 aromatic carbocycles. The summed E-state index contributed by atoms with van der Waals surface area (Å²) >= 11 is 0. The quantitative estimate of drug-likeness (QED) is 0.433. The van der Waals surface area contributed by atoms with Gasteiger partial charge in [-0.05, 0) is 18.2 Å². The lowest BCUT2D eigenvalue weighted by molar-refractivity contribution is -0.137. The van der Waals surface area contributed by atoms with Gasteiger partial charge >= 0.3 is 6.18 Å². The summed E-state index contributed by atoms with van der Waals surface area (Å²) in [5.41, 5.74) is 9.03. The second-order valence-corrected chi connectivity index (χ2v) is 3.34. The highest BCUT2D eigenvalue weighted by atomic mass is 19.4. The number of carbonyl (C=O) groups is 1. The first-order valence-electron chi connectivity index (χ1n) is 4.89. The standard InChI is InChI=1S/C10H10F3N5O/c11-10(12,13)6-2-1-3-7(4-6)17-8(19)5-16-18-9(14)15/h1-5H,(H,17,19)(H4,14,15,18)/b16-5+. The SMILES string of the molecule is NC(N)=N/N=C/C(=O)Nc1cccc(C(F)(F)F)c1. The number of hydrogen-bond acceptors (Lipinski definition) is 3. The minimum atomic E-state index is -4.48. The monoisotopic (exact) mass is 273 g/mol. The lowest BCUT2D eigenvalue weighted by Crippen LogP contribution is -2.22. The smallest absolute Gasteiger partial charge is 0.369 e. The van der Waals surface area contributed by atoms with Gasteiger partial charge in [0.05, 0.1) is 5.56 Å². The van der Waals surface area contributed by atoms with Crippen LogP contribution in [0, 0.1) is 0 Å². The maximum Gasteiger partial charge on any atom is 0.416 e. The van der Waals surface area contributed by atoms with Crippen LogP contribution in [0.25, 0.3) is 0 Å². The summed E-state index contributed by atoms with van der Waals surface area (Å²) in [4.78, 5) is 11.3. The number of nitrogens with two attached hydrogens (primary N) is 2. The number of halogens is 3. The Bertz CT molecular complexity index is 520. The van der Waals surface area contributed by atoms with Gasteiger partial charge in [0.2, 0.25) is 5.96 Å². The van der Waals surface area contributed by atoms with Crippen molar-refractivity contribution in [3.8, 4) is 0 Å². The predicted molar refractivity (Wildman–Crippen MR) is 64.4 cm³/mol. The van der Waals surface area contributed by atoms with Crippen molar-refractivity contribution in [2.45, 2.75) is 6.18 Å². The first-order valence-corrected chi connectivity index (χ1v) is 4.89. The van der Waals surface area contributed by atoms with E-state index in [0.717, 1.165) is 18.3 Å². The molecule has 0 unspecified atom stereocenters. The van der Waals surface area contributed by atoms with Crippen LogP contribution < -0.4 is 16.8 Å². The molecule has 0 saturated heterocycles. The Balaban J connectivity index is 2.75. The molecule has 0 heterocycles. The predicted octanol–water partition coefficient (Wildman–Crippen LogP) is 0.903. The minimum Gasteiger partial charge on any atom is -0.369 e. The van der Waals surface area contributed by atoms with Crippen molar-refractivity contribution >= 4 is 23.8 Å². The third-order valence-corrected chi connectivity index (χ3v) is 1.81. The van der Waals surface area contributed by atoms with Gasteiger partial charge in [0.1, 0.15) is 6.21 Å². The molecule has 0 bridgehead atoms. The van der Waals surface area contributed by atoms with E-state index in [4.69, 9.17) is 11.5 Å². The zero-order chi connectivity index (χ0) is 14.5. The zero-order valence-electron chi connectivity index (χ0n) is 9.48. The van der Waals surface area contributed by atoms with Crippen molar-refractivity contribution < 1.29 is 18.0 Å². The molecular weight excluding hydrogens is 263 g/mol. The topological polar surface area (TPSA) is 106 Å². The van der Waals surface area contributed by atoms with Gasteiger partial charge in [-0.3, -0.25) is 4.79 Å². The molecule has 0 aliphatic heterocycles. The van der Waals surface area contributed by atoms with Crippen molar-refractivity contribution in [3.63, 3.8) is 0 Å². The number of anilines is 1. The van der Waals surface area contributed by atoms with Crippen molar-refractivity contribution in [2.24, 2.45) is 21.7 Å². The summed E-state index contributed by atoms with van der Waals surface area (Å²) in [6.07, 6.45) is -3.74. The average Bonchev–Trinajstić information content (AvgIpc) is 2.27. The molecule has 0 atom stereocenters. The number of rotatable bonds is 3. The maximum absolute atomic E-state index is 12.4. The van der Waals surface area contributed by atoms with E-state index in [2.05, 4.69) is 15.5 Å². The third kappa shape index (κ3) is 5.06.